The lowest BCUT2D eigenvalue weighted by molar-refractivity contribution is -0.129. The predicted octanol–water partition coefficient (Wildman–Crippen LogP) is 3.50. The van der Waals surface area contributed by atoms with Crippen molar-refractivity contribution in [3.05, 3.63) is 60.2 Å². The first-order valence-corrected chi connectivity index (χ1v) is 10.2. The highest BCUT2D eigenvalue weighted by atomic mass is 16.2. The van der Waals surface area contributed by atoms with Gasteiger partial charge >= 0.3 is 6.03 Å². The second kappa shape index (κ2) is 9.96. The Morgan fingerprint density at radius 2 is 1.69 bits per heavy atom. The van der Waals surface area contributed by atoms with Crippen LogP contribution in [0, 0.1) is 0 Å². The molecule has 3 amide bonds. The molecule has 6 nitrogen and oxygen atoms in total. The number of anilines is 2. The zero-order valence-electron chi connectivity index (χ0n) is 17.2. The summed E-state index contributed by atoms with van der Waals surface area (Å²) < 4.78 is 0. The summed E-state index contributed by atoms with van der Waals surface area (Å²) in [6.45, 7) is 4.34. The Morgan fingerprint density at radius 3 is 2.34 bits per heavy atom. The fraction of sp³-hybridized carbons (Fsp3) is 0.391. The third-order valence-corrected chi connectivity index (χ3v) is 5.41. The highest BCUT2D eigenvalue weighted by molar-refractivity contribution is 5.89. The van der Waals surface area contributed by atoms with Crippen LogP contribution in [-0.4, -0.2) is 49.6 Å². The number of amides is 3. The van der Waals surface area contributed by atoms with Gasteiger partial charge in [-0.15, -0.1) is 0 Å². The smallest absolute Gasteiger partial charge is 0.319 e. The molecule has 0 aliphatic carbocycles. The summed E-state index contributed by atoms with van der Waals surface area (Å²) in [5, 5.41) is 5.76. The zero-order valence-corrected chi connectivity index (χ0v) is 17.2. The predicted molar refractivity (Wildman–Crippen MR) is 117 cm³/mol. The number of hydrogen-bond donors (Lipinski definition) is 2. The molecule has 0 unspecified atom stereocenters. The summed E-state index contributed by atoms with van der Waals surface area (Å²) in [7, 11) is 2.02. The van der Waals surface area contributed by atoms with Crippen molar-refractivity contribution in [2.75, 3.05) is 36.9 Å². The molecule has 1 fully saturated rings. The molecule has 2 N–H and O–H groups in total. The number of nitrogens with zero attached hydrogens (tertiary/aromatic N) is 2. The molecular weight excluding hydrogens is 364 g/mol. The molecular formula is C23H30N4O2. The molecule has 1 aliphatic rings. The third kappa shape index (κ3) is 5.98. The lowest BCUT2D eigenvalue weighted by Gasteiger charge is -2.27. The van der Waals surface area contributed by atoms with Crippen molar-refractivity contribution >= 4 is 23.3 Å². The number of carbonyl (C=O) groups is 2. The first-order chi connectivity index (χ1) is 14.0. The van der Waals surface area contributed by atoms with E-state index in [4.69, 9.17) is 0 Å². The maximum atomic E-state index is 12.2. The average molecular weight is 395 g/mol. The fourth-order valence-corrected chi connectivity index (χ4v) is 3.43. The van der Waals surface area contributed by atoms with Gasteiger partial charge in [0.05, 0.1) is 6.42 Å². The lowest BCUT2D eigenvalue weighted by Crippen LogP contribution is -2.41. The van der Waals surface area contributed by atoms with Crippen molar-refractivity contribution in [2.45, 2.75) is 32.2 Å². The molecule has 0 saturated carbocycles. The van der Waals surface area contributed by atoms with Crippen LogP contribution in [0.15, 0.2) is 54.6 Å². The quantitative estimate of drug-likeness (QED) is 0.755. The van der Waals surface area contributed by atoms with Gasteiger partial charge in [0.15, 0.2) is 0 Å². The molecule has 1 heterocycles. The topological polar surface area (TPSA) is 64.7 Å². The number of para-hydroxylation sites is 1. The molecule has 154 valence electrons. The second-order valence-corrected chi connectivity index (χ2v) is 7.59. The van der Waals surface area contributed by atoms with Crippen molar-refractivity contribution in [1.82, 2.24) is 10.2 Å². The van der Waals surface area contributed by atoms with E-state index in [0.717, 1.165) is 37.2 Å². The molecule has 0 bridgehead atoms. The van der Waals surface area contributed by atoms with Crippen LogP contribution in [0.5, 0.6) is 0 Å². The van der Waals surface area contributed by atoms with Crippen molar-refractivity contribution < 1.29 is 9.59 Å². The van der Waals surface area contributed by atoms with Crippen LogP contribution in [0.25, 0.3) is 0 Å². The first-order valence-electron chi connectivity index (χ1n) is 10.2. The summed E-state index contributed by atoms with van der Waals surface area (Å²) in [4.78, 5) is 28.5. The fourth-order valence-electron chi connectivity index (χ4n) is 3.43. The van der Waals surface area contributed by atoms with Crippen LogP contribution in [0.4, 0.5) is 16.2 Å². The Labute approximate surface area is 172 Å². The zero-order chi connectivity index (χ0) is 20.6. The van der Waals surface area contributed by atoms with E-state index >= 15 is 0 Å². The van der Waals surface area contributed by atoms with Crippen molar-refractivity contribution in [3.63, 3.8) is 0 Å². The van der Waals surface area contributed by atoms with E-state index in [9.17, 15) is 9.59 Å². The minimum absolute atomic E-state index is 0.155. The van der Waals surface area contributed by atoms with Crippen LogP contribution in [-0.2, 0) is 11.2 Å². The highest BCUT2D eigenvalue weighted by Crippen LogP contribution is 2.15. The van der Waals surface area contributed by atoms with Crippen LogP contribution in [0.2, 0.25) is 0 Å². The maximum Gasteiger partial charge on any atom is 0.319 e. The molecule has 6 heteroatoms. The lowest BCUT2D eigenvalue weighted by atomic mass is 10.1. The number of benzene rings is 2. The number of rotatable bonds is 7. The molecule has 0 aromatic heterocycles. The Morgan fingerprint density at radius 1 is 1.03 bits per heavy atom. The Bertz CT molecular complexity index is 801. The van der Waals surface area contributed by atoms with Crippen LogP contribution < -0.4 is 15.5 Å². The molecule has 0 spiro atoms. The highest BCUT2D eigenvalue weighted by Gasteiger charge is 2.18. The summed E-state index contributed by atoms with van der Waals surface area (Å²) in [6.07, 6.45) is 2.61. The number of carbonyl (C=O) groups excluding carboxylic acids is 2. The third-order valence-electron chi connectivity index (χ3n) is 5.41. The number of likely N-dealkylation sites (N-methyl/N-ethyl adjacent to an activating group) is 1. The van der Waals surface area contributed by atoms with E-state index in [1.807, 2.05) is 66.5 Å². The minimum Gasteiger partial charge on any atom is -0.370 e. The summed E-state index contributed by atoms with van der Waals surface area (Å²) in [5.41, 5.74) is 2.79. The second-order valence-electron chi connectivity index (χ2n) is 7.59. The van der Waals surface area contributed by atoms with Gasteiger partial charge in [-0.25, -0.2) is 4.79 Å². The van der Waals surface area contributed by atoms with Crippen molar-refractivity contribution in [3.8, 4) is 0 Å². The Kier molecular flexibility index (Phi) is 7.11. The van der Waals surface area contributed by atoms with Gasteiger partial charge in [0.1, 0.15) is 0 Å². The molecule has 0 radical (unpaired) electrons. The monoisotopic (exact) mass is 394 g/mol. The molecule has 1 atom stereocenters. The number of nitrogens with one attached hydrogen (secondary N) is 2. The summed E-state index contributed by atoms with van der Waals surface area (Å²) in [5.74, 6) is 0.178. The van der Waals surface area contributed by atoms with Gasteiger partial charge in [0.2, 0.25) is 5.91 Å². The summed E-state index contributed by atoms with van der Waals surface area (Å²) >= 11 is 0. The van der Waals surface area contributed by atoms with E-state index in [1.54, 1.807) is 0 Å². The van der Waals surface area contributed by atoms with Gasteiger partial charge in [-0.2, -0.15) is 0 Å². The van der Waals surface area contributed by atoms with Crippen molar-refractivity contribution in [1.29, 1.82) is 0 Å². The largest absolute Gasteiger partial charge is 0.370 e. The average Bonchev–Trinajstić information content (AvgIpc) is 3.28. The van der Waals surface area contributed by atoms with E-state index in [1.165, 1.54) is 0 Å². The van der Waals surface area contributed by atoms with Crippen molar-refractivity contribution in [2.24, 2.45) is 0 Å². The summed E-state index contributed by atoms with van der Waals surface area (Å²) in [6, 6.07) is 17.5. The van der Waals surface area contributed by atoms with Gasteiger partial charge < -0.3 is 20.4 Å². The maximum absolute atomic E-state index is 12.2. The standard InChI is InChI=1S/C23H30N4O2/c1-18(26(2)21-8-4-3-5-9-21)17-24-23(29)25-20-12-10-19(11-13-20)16-22(28)27-14-6-7-15-27/h3-5,8-13,18H,6-7,14-17H2,1-2H3,(H2,24,25,29)/t18-/m0/s1. The van der Waals surface area contributed by atoms with Gasteiger partial charge in [-0.3, -0.25) is 4.79 Å². The van der Waals surface area contributed by atoms with Crippen LogP contribution in [0.1, 0.15) is 25.3 Å². The molecule has 2 aromatic rings. The number of likely N-dealkylation sites (tertiary alicyclic amines) is 1. The molecule has 29 heavy (non-hydrogen) atoms. The molecule has 2 aromatic carbocycles. The number of urea groups is 1. The van der Waals surface area contributed by atoms with E-state index in [-0.39, 0.29) is 18.0 Å². The van der Waals surface area contributed by atoms with E-state index in [0.29, 0.717) is 18.7 Å². The Balaban J connectivity index is 1.43. The van der Waals surface area contributed by atoms with E-state index in [2.05, 4.69) is 22.5 Å². The molecule has 1 saturated heterocycles. The number of hydrogen-bond acceptors (Lipinski definition) is 3. The first kappa shape index (κ1) is 20.7. The minimum atomic E-state index is -0.237. The van der Waals surface area contributed by atoms with E-state index < -0.39 is 0 Å². The normalized spacial score (nSPS) is 14.3. The Hall–Kier alpha value is -3.02. The van der Waals surface area contributed by atoms with Gasteiger partial charge in [0.25, 0.3) is 0 Å². The van der Waals surface area contributed by atoms with Crippen LogP contribution >= 0.6 is 0 Å². The van der Waals surface area contributed by atoms with Gasteiger partial charge in [0, 0.05) is 44.1 Å². The van der Waals surface area contributed by atoms with Crippen LogP contribution in [0.3, 0.4) is 0 Å². The SMILES string of the molecule is C[C@@H](CNC(=O)Nc1ccc(CC(=O)N2CCCC2)cc1)N(C)c1ccccc1. The van der Waals surface area contributed by atoms with Gasteiger partial charge in [-0.05, 0) is 49.6 Å². The molecule has 1 aliphatic heterocycles. The molecule has 3 rings (SSSR count). The van der Waals surface area contributed by atoms with Gasteiger partial charge in [-0.1, -0.05) is 30.3 Å².